The quantitative estimate of drug-likeness (QED) is 0.0583. The second kappa shape index (κ2) is 17.8. The van der Waals surface area contributed by atoms with Gasteiger partial charge in [0, 0.05) is 56.1 Å². The zero-order chi connectivity index (χ0) is 41.8. The van der Waals surface area contributed by atoms with Crippen LogP contribution in [0.5, 0.6) is 0 Å². The van der Waals surface area contributed by atoms with E-state index in [1.54, 1.807) is 41.2 Å². The van der Waals surface area contributed by atoms with E-state index in [2.05, 4.69) is 81.4 Å². The number of esters is 2. The predicted octanol–water partition coefficient (Wildman–Crippen LogP) is 7.63. The van der Waals surface area contributed by atoms with Crippen molar-refractivity contribution in [3.8, 4) is 17.2 Å². The third-order valence-electron chi connectivity index (χ3n) is 10.5. The van der Waals surface area contributed by atoms with E-state index < -0.39 is 14.3 Å². The average Bonchev–Trinajstić information content (AvgIpc) is 3.82. The maximum Gasteiger partial charge on any atom is 0.354 e. The topological polar surface area (TPSA) is 126 Å². The van der Waals surface area contributed by atoms with E-state index >= 15 is 0 Å². The second-order valence-electron chi connectivity index (χ2n) is 15.2. The van der Waals surface area contributed by atoms with Crippen LogP contribution in [-0.4, -0.2) is 58.1 Å². The fourth-order valence-electron chi connectivity index (χ4n) is 7.96. The fraction of sp³-hybridized carbons (Fsp3) is 0.341. The normalized spacial score (nSPS) is 11.9. The van der Waals surface area contributed by atoms with Gasteiger partial charge in [0.2, 0.25) is 0 Å². The van der Waals surface area contributed by atoms with Gasteiger partial charge in [-0.1, -0.05) is 99.1 Å². The molecule has 58 heavy (non-hydrogen) atoms. The van der Waals surface area contributed by atoms with Crippen molar-refractivity contribution in [1.82, 2.24) is 24.1 Å². The summed E-state index contributed by atoms with van der Waals surface area (Å²) >= 11 is 8.65. The zero-order valence-corrected chi connectivity index (χ0v) is 36.8. The number of methoxy groups -OCH3 is 1. The van der Waals surface area contributed by atoms with Crippen LogP contribution in [0.4, 0.5) is 0 Å². The molecule has 0 aliphatic heterocycles. The molecule has 0 N–H and O–H groups in total. The summed E-state index contributed by atoms with van der Waals surface area (Å²) in [5.41, 5.74) is 5.92. The lowest BCUT2D eigenvalue weighted by Gasteiger charge is -2.43. The highest BCUT2D eigenvalue weighted by Gasteiger charge is 2.50. The van der Waals surface area contributed by atoms with Crippen LogP contribution in [0.3, 0.4) is 0 Å². The molecule has 302 valence electrons. The number of carbonyl (C=O) groups is 2. The molecule has 0 aliphatic carbocycles. The van der Waals surface area contributed by atoms with E-state index in [9.17, 15) is 14.9 Å². The van der Waals surface area contributed by atoms with Gasteiger partial charge in [-0.15, -0.1) is 11.8 Å². The number of rotatable bonds is 15. The molecule has 0 atom stereocenters. The summed E-state index contributed by atoms with van der Waals surface area (Å²) in [5, 5.41) is 23.6. The molecule has 0 radical (unpaired) electrons. The lowest BCUT2D eigenvalue weighted by Crippen LogP contribution is -2.66. The highest BCUT2D eigenvalue weighted by atomic mass is 35.5. The molecule has 0 spiro atoms. The van der Waals surface area contributed by atoms with Crippen LogP contribution in [0.25, 0.3) is 22.0 Å². The van der Waals surface area contributed by atoms with E-state index in [1.165, 1.54) is 24.4 Å². The lowest BCUT2D eigenvalue weighted by atomic mass is 9.98. The van der Waals surface area contributed by atoms with Gasteiger partial charge in [-0.25, -0.2) is 4.79 Å². The Morgan fingerprint density at radius 1 is 0.914 bits per heavy atom. The van der Waals surface area contributed by atoms with Gasteiger partial charge in [-0.05, 0) is 45.9 Å². The molecular formula is C44H49ClN6O5SSi. The summed E-state index contributed by atoms with van der Waals surface area (Å²) in [6, 6.07) is 29.3. The monoisotopic (exact) mass is 836 g/mol. The standard InChI is InChI=1S/C44H49ClN6O5SSi/c1-29(52)55-23-15-20-34-35-21-22-36(45)39(41(35)49(5)42(34)43(53)54-8)40-37(48-51(7)38(40)25-46)28-57-27-30-24-31(50(6)47-30)26-56-58(44(2,3)4,32-16-11-9-12-17-32)33-18-13-10-14-19-33/h9-14,16-19,21-22,24H,15,20,23,26-28H2,1-8H3. The van der Waals surface area contributed by atoms with E-state index in [0.29, 0.717) is 69.7 Å². The number of benzene rings is 3. The number of fused-ring (bicyclic) bond motifs is 1. The molecule has 0 amide bonds. The largest absolute Gasteiger partial charge is 0.466 e. The Morgan fingerprint density at radius 2 is 1.57 bits per heavy atom. The van der Waals surface area contributed by atoms with Crippen molar-refractivity contribution in [2.24, 2.45) is 21.1 Å². The Balaban J connectivity index is 1.29. The minimum atomic E-state index is -2.75. The van der Waals surface area contributed by atoms with Crippen molar-refractivity contribution < 1.29 is 23.5 Å². The predicted molar refractivity (Wildman–Crippen MR) is 232 cm³/mol. The molecule has 11 nitrogen and oxygen atoms in total. The molecule has 0 aliphatic rings. The first-order valence-corrected chi connectivity index (χ1v) is 22.5. The number of aryl methyl sites for hydroxylation is 4. The minimum Gasteiger partial charge on any atom is -0.466 e. The van der Waals surface area contributed by atoms with Gasteiger partial charge < -0.3 is 18.5 Å². The molecule has 3 heterocycles. The molecule has 6 rings (SSSR count). The van der Waals surface area contributed by atoms with Crippen LogP contribution < -0.4 is 10.4 Å². The lowest BCUT2D eigenvalue weighted by molar-refractivity contribution is -0.141. The van der Waals surface area contributed by atoms with Crippen molar-refractivity contribution in [3.63, 3.8) is 0 Å². The van der Waals surface area contributed by atoms with Crippen molar-refractivity contribution in [3.05, 3.63) is 118 Å². The number of halogens is 1. The highest BCUT2D eigenvalue weighted by molar-refractivity contribution is 7.97. The van der Waals surface area contributed by atoms with Crippen LogP contribution >= 0.6 is 23.4 Å². The van der Waals surface area contributed by atoms with Gasteiger partial charge in [-0.2, -0.15) is 15.5 Å². The number of thioether (sulfide) groups is 1. The SMILES string of the molecule is COC(=O)c1c(CCCOC(C)=O)c2ccc(Cl)c(-c3c(CSCc4cc(CO[Si](c5ccccc5)(c5ccccc5)C(C)(C)C)n(C)n4)nn(C)c3C#N)c2n1C. The Hall–Kier alpha value is -5.13. The van der Waals surface area contributed by atoms with Crippen molar-refractivity contribution in [2.45, 2.75) is 63.7 Å². The van der Waals surface area contributed by atoms with Crippen LogP contribution in [0, 0.1) is 11.3 Å². The van der Waals surface area contributed by atoms with E-state index in [-0.39, 0.29) is 17.6 Å². The molecule has 3 aromatic carbocycles. The molecule has 0 saturated carbocycles. The number of carbonyl (C=O) groups excluding carboxylic acids is 2. The Kier molecular flexibility index (Phi) is 13.0. The Morgan fingerprint density at radius 3 is 2.16 bits per heavy atom. The van der Waals surface area contributed by atoms with Crippen molar-refractivity contribution >= 4 is 64.9 Å². The number of nitriles is 1. The number of hydrogen-bond acceptors (Lipinski definition) is 9. The van der Waals surface area contributed by atoms with Crippen molar-refractivity contribution in [1.29, 1.82) is 5.26 Å². The van der Waals surface area contributed by atoms with Gasteiger partial charge in [0.25, 0.3) is 8.32 Å². The summed E-state index contributed by atoms with van der Waals surface area (Å²) < 4.78 is 22.8. The Labute approximate surface area is 350 Å². The number of aromatic nitrogens is 5. The summed E-state index contributed by atoms with van der Waals surface area (Å²) in [7, 11) is 4.07. The third-order valence-corrected chi connectivity index (χ3v) is 16.8. The van der Waals surface area contributed by atoms with E-state index in [1.807, 2.05) is 29.9 Å². The van der Waals surface area contributed by atoms with Gasteiger partial charge in [0.05, 0.1) is 47.9 Å². The van der Waals surface area contributed by atoms with Crippen molar-refractivity contribution in [2.75, 3.05) is 13.7 Å². The summed E-state index contributed by atoms with van der Waals surface area (Å²) in [4.78, 5) is 24.6. The molecule has 3 aromatic heterocycles. The molecule has 0 fully saturated rings. The summed E-state index contributed by atoms with van der Waals surface area (Å²) in [6.07, 6.45) is 0.950. The molecule has 6 aromatic rings. The number of nitrogens with zero attached hydrogens (tertiary/aromatic N) is 6. The van der Waals surface area contributed by atoms with Gasteiger partial charge >= 0.3 is 11.9 Å². The molecular weight excluding hydrogens is 788 g/mol. The minimum absolute atomic E-state index is 0.157. The first-order valence-electron chi connectivity index (χ1n) is 19.1. The number of ether oxygens (including phenoxy) is 2. The maximum absolute atomic E-state index is 13.2. The molecule has 0 bridgehead atoms. The smallest absolute Gasteiger partial charge is 0.354 e. The molecule has 0 unspecified atom stereocenters. The first-order chi connectivity index (χ1) is 27.7. The third kappa shape index (κ3) is 8.24. The van der Waals surface area contributed by atoms with Gasteiger partial charge in [0.15, 0.2) is 0 Å². The first kappa shape index (κ1) is 42.5. The average molecular weight is 838 g/mol. The van der Waals surface area contributed by atoms with Crippen LogP contribution in [0.2, 0.25) is 10.1 Å². The Bertz CT molecular complexity index is 2440. The van der Waals surface area contributed by atoms with E-state index in [0.717, 1.165) is 22.3 Å². The second-order valence-corrected chi connectivity index (χ2v) is 20.9. The highest BCUT2D eigenvalue weighted by Crippen LogP contribution is 2.43. The zero-order valence-electron chi connectivity index (χ0n) is 34.3. The maximum atomic E-state index is 13.2. The summed E-state index contributed by atoms with van der Waals surface area (Å²) in [5.74, 6) is 0.185. The van der Waals surface area contributed by atoms with Crippen LogP contribution in [0.1, 0.15) is 72.9 Å². The molecule has 14 heteroatoms. The van der Waals surface area contributed by atoms with Gasteiger partial charge in [-0.3, -0.25) is 14.2 Å². The fourth-order valence-corrected chi connectivity index (χ4v) is 13.6. The van der Waals surface area contributed by atoms with Gasteiger partial charge in [0.1, 0.15) is 17.5 Å². The van der Waals surface area contributed by atoms with Crippen LogP contribution in [0.15, 0.2) is 78.9 Å². The summed E-state index contributed by atoms with van der Waals surface area (Å²) in [6.45, 7) is 8.78. The number of hydrogen-bond donors (Lipinski definition) is 0. The van der Waals surface area contributed by atoms with Crippen LogP contribution in [-0.2, 0) is 64.4 Å². The van der Waals surface area contributed by atoms with E-state index in [4.69, 9.17) is 35.7 Å². The molecule has 0 saturated heterocycles.